The lowest BCUT2D eigenvalue weighted by atomic mass is 10.1. The van der Waals surface area contributed by atoms with Crippen LogP contribution in [0.5, 0.6) is 0 Å². The second-order valence-electron chi connectivity index (χ2n) is 4.84. The molecule has 0 radical (unpaired) electrons. The van der Waals surface area contributed by atoms with Crippen LogP contribution in [0, 0.1) is 12.7 Å². The van der Waals surface area contributed by atoms with Gasteiger partial charge in [-0.3, -0.25) is 9.48 Å². The van der Waals surface area contributed by atoms with Crippen LogP contribution in [0.25, 0.3) is 11.1 Å². The molecule has 1 aromatic carbocycles. The molecule has 0 fully saturated rings. The summed E-state index contributed by atoms with van der Waals surface area (Å²) in [6, 6.07) is 4.44. The van der Waals surface area contributed by atoms with Gasteiger partial charge in [-0.25, -0.2) is 9.07 Å². The predicted molar refractivity (Wildman–Crippen MR) is 73.1 cm³/mol. The van der Waals surface area contributed by atoms with Gasteiger partial charge in [-0.15, -0.1) is 0 Å². The van der Waals surface area contributed by atoms with Gasteiger partial charge in [0.1, 0.15) is 5.82 Å². The van der Waals surface area contributed by atoms with Gasteiger partial charge in [0.15, 0.2) is 0 Å². The van der Waals surface area contributed by atoms with E-state index in [1.807, 2.05) is 11.6 Å². The van der Waals surface area contributed by atoms with Gasteiger partial charge in [0.2, 0.25) is 0 Å². The molecule has 0 spiro atoms. The third kappa shape index (κ3) is 1.91. The SMILES string of the molecule is Cc1c(-c2ccc(Cl)cc2F)c(=O)n2n1CCCC2. The van der Waals surface area contributed by atoms with Crippen molar-refractivity contribution in [2.45, 2.75) is 32.9 Å². The highest BCUT2D eigenvalue weighted by molar-refractivity contribution is 6.30. The predicted octanol–water partition coefficient (Wildman–Crippen LogP) is 3.21. The first-order valence-corrected chi connectivity index (χ1v) is 6.73. The van der Waals surface area contributed by atoms with Crippen molar-refractivity contribution < 1.29 is 4.39 Å². The molecule has 100 valence electrons. The lowest BCUT2D eigenvalue weighted by Gasteiger charge is -2.18. The van der Waals surface area contributed by atoms with Crippen LogP contribution in [0.15, 0.2) is 23.0 Å². The van der Waals surface area contributed by atoms with E-state index in [0.29, 0.717) is 22.7 Å². The maximum absolute atomic E-state index is 14.0. The molecule has 0 unspecified atom stereocenters. The van der Waals surface area contributed by atoms with Crippen LogP contribution in [0.2, 0.25) is 5.02 Å². The van der Waals surface area contributed by atoms with Gasteiger partial charge in [0, 0.05) is 29.4 Å². The number of benzene rings is 1. The Hall–Kier alpha value is -1.55. The van der Waals surface area contributed by atoms with E-state index in [-0.39, 0.29) is 5.56 Å². The fourth-order valence-electron chi connectivity index (χ4n) is 2.74. The van der Waals surface area contributed by atoms with Crippen molar-refractivity contribution in [1.82, 2.24) is 9.36 Å². The molecule has 19 heavy (non-hydrogen) atoms. The highest BCUT2D eigenvalue weighted by Crippen LogP contribution is 2.27. The molecule has 1 aliphatic heterocycles. The van der Waals surface area contributed by atoms with Crippen molar-refractivity contribution in [1.29, 1.82) is 0 Å². The molecule has 2 aromatic rings. The number of hydrogen-bond donors (Lipinski definition) is 0. The number of halogens is 2. The minimum Gasteiger partial charge on any atom is -0.286 e. The van der Waals surface area contributed by atoms with E-state index >= 15 is 0 Å². The van der Waals surface area contributed by atoms with E-state index in [1.54, 1.807) is 16.8 Å². The van der Waals surface area contributed by atoms with Gasteiger partial charge in [0.05, 0.1) is 5.56 Å². The smallest absolute Gasteiger partial charge is 0.274 e. The summed E-state index contributed by atoms with van der Waals surface area (Å²) in [6.45, 7) is 3.39. The molecular formula is C14H14ClFN2O. The molecule has 0 bridgehead atoms. The van der Waals surface area contributed by atoms with Crippen molar-refractivity contribution in [2.24, 2.45) is 0 Å². The summed E-state index contributed by atoms with van der Waals surface area (Å²) < 4.78 is 17.7. The second-order valence-corrected chi connectivity index (χ2v) is 5.28. The van der Waals surface area contributed by atoms with E-state index in [0.717, 1.165) is 25.1 Å². The average molecular weight is 281 g/mol. The molecule has 5 heteroatoms. The maximum atomic E-state index is 14.0. The summed E-state index contributed by atoms with van der Waals surface area (Å²) in [5.41, 5.74) is 1.50. The van der Waals surface area contributed by atoms with Gasteiger partial charge in [-0.05, 0) is 38.0 Å². The van der Waals surface area contributed by atoms with Crippen molar-refractivity contribution in [3.8, 4) is 11.1 Å². The number of nitrogens with zero attached hydrogens (tertiary/aromatic N) is 2. The molecule has 3 rings (SSSR count). The Morgan fingerprint density at radius 1 is 1.21 bits per heavy atom. The molecule has 0 saturated heterocycles. The zero-order valence-electron chi connectivity index (χ0n) is 10.6. The third-order valence-electron chi connectivity index (χ3n) is 3.68. The highest BCUT2D eigenvalue weighted by Gasteiger charge is 2.22. The van der Waals surface area contributed by atoms with E-state index in [2.05, 4.69) is 0 Å². The van der Waals surface area contributed by atoms with Crippen molar-refractivity contribution in [3.05, 3.63) is 45.1 Å². The largest absolute Gasteiger partial charge is 0.286 e. The maximum Gasteiger partial charge on any atom is 0.274 e. The number of hydrogen-bond acceptors (Lipinski definition) is 1. The van der Waals surface area contributed by atoms with Crippen LogP contribution in [0.3, 0.4) is 0 Å². The number of aromatic nitrogens is 2. The summed E-state index contributed by atoms with van der Waals surface area (Å²) >= 11 is 5.76. The van der Waals surface area contributed by atoms with Crippen molar-refractivity contribution >= 4 is 11.6 Å². The fourth-order valence-corrected chi connectivity index (χ4v) is 2.90. The molecule has 0 aliphatic carbocycles. The lowest BCUT2D eigenvalue weighted by Crippen LogP contribution is -2.27. The van der Waals surface area contributed by atoms with E-state index in [9.17, 15) is 9.18 Å². The molecule has 3 nitrogen and oxygen atoms in total. The summed E-state index contributed by atoms with van der Waals surface area (Å²) in [4.78, 5) is 12.4. The van der Waals surface area contributed by atoms with E-state index in [1.165, 1.54) is 6.07 Å². The lowest BCUT2D eigenvalue weighted by molar-refractivity contribution is 0.350. The average Bonchev–Trinajstić information content (AvgIpc) is 2.64. The summed E-state index contributed by atoms with van der Waals surface area (Å²) in [7, 11) is 0. The van der Waals surface area contributed by atoms with Gasteiger partial charge in [-0.2, -0.15) is 0 Å². The van der Waals surface area contributed by atoms with Crippen LogP contribution in [-0.4, -0.2) is 9.36 Å². The van der Waals surface area contributed by atoms with Crippen molar-refractivity contribution in [3.63, 3.8) is 0 Å². The van der Waals surface area contributed by atoms with Crippen molar-refractivity contribution in [2.75, 3.05) is 0 Å². The molecule has 1 aliphatic rings. The van der Waals surface area contributed by atoms with Crippen LogP contribution < -0.4 is 5.56 Å². The number of rotatable bonds is 1. The molecule has 2 heterocycles. The van der Waals surface area contributed by atoms with Crippen LogP contribution in [0.1, 0.15) is 18.5 Å². The quantitative estimate of drug-likeness (QED) is 0.788. The van der Waals surface area contributed by atoms with Gasteiger partial charge in [0.25, 0.3) is 5.56 Å². The van der Waals surface area contributed by atoms with E-state index < -0.39 is 5.82 Å². The summed E-state index contributed by atoms with van der Waals surface area (Å²) in [5.74, 6) is -0.448. The Labute approximate surface area is 115 Å². The zero-order chi connectivity index (χ0) is 13.6. The molecular weight excluding hydrogens is 267 g/mol. The van der Waals surface area contributed by atoms with Gasteiger partial charge >= 0.3 is 0 Å². The van der Waals surface area contributed by atoms with E-state index in [4.69, 9.17) is 11.6 Å². The molecule has 1 aromatic heterocycles. The molecule has 0 N–H and O–H groups in total. The number of fused-ring (bicyclic) bond motifs is 1. The minimum absolute atomic E-state index is 0.113. The Balaban J connectivity index is 2.26. The van der Waals surface area contributed by atoms with Gasteiger partial charge in [-0.1, -0.05) is 11.6 Å². The zero-order valence-corrected chi connectivity index (χ0v) is 11.4. The molecule has 0 saturated carbocycles. The molecule has 0 amide bonds. The summed E-state index contributed by atoms with van der Waals surface area (Å²) in [5, 5.41) is 0.336. The normalized spacial score (nSPS) is 14.5. The fraction of sp³-hybridized carbons (Fsp3) is 0.357. The minimum atomic E-state index is -0.448. The highest BCUT2D eigenvalue weighted by atomic mass is 35.5. The first kappa shape index (κ1) is 12.5. The Morgan fingerprint density at radius 3 is 2.53 bits per heavy atom. The standard InChI is InChI=1S/C14H14ClFN2O/c1-9-13(11-5-4-10(15)8-12(11)16)14(19)18-7-3-2-6-17(9)18/h4-5,8H,2-3,6-7H2,1H3. The molecule has 0 atom stereocenters. The second kappa shape index (κ2) is 4.53. The monoisotopic (exact) mass is 280 g/mol. The van der Waals surface area contributed by atoms with Gasteiger partial charge < -0.3 is 0 Å². The first-order valence-electron chi connectivity index (χ1n) is 6.35. The third-order valence-corrected chi connectivity index (χ3v) is 3.91. The topological polar surface area (TPSA) is 26.9 Å². The summed E-state index contributed by atoms with van der Waals surface area (Å²) in [6.07, 6.45) is 2.05. The van der Waals surface area contributed by atoms with Crippen LogP contribution in [0.4, 0.5) is 4.39 Å². The Kier molecular flexibility index (Phi) is 2.97. The first-order chi connectivity index (χ1) is 9.09. The Morgan fingerprint density at radius 2 is 1.89 bits per heavy atom. The van der Waals surface area contributed by atoms with Crippen LogP contribution in [-0.2, 0) is 13.1 Å². The Bertz CT molecular complexity index is 702. The van der Waals surface area contributed by atoms with Crippen LogP contribution >= 0.6 is 11.6 Å².